The normalized spacial score (nSPS) is 21.2. The van der Waals surface area contributed by atoms with Crippen molar-refractivity contribution in [1.82, 2.24) is 20.2 Å². The minimum atomic E-state index is -1.29. The van der Waals surface area contributed by atoms with Crippen LogP contribution in [-0.4, -0.2) is 59.4 Å². The highest BCUT2D eigenvalue weighted by Gasteiger charge is 2.48. The first-order chi connectivity index (χ1) is 14.9. The lowest BCUT2D eigenvalue weighted by Crippen LogP contribution is -2.57. The molecule has 1 unspecified atom stereocenters. The molecule has 5 N–H and O–H groups in total. The number of amides is 2. The second-order valence-corrected chi connectivity index (χ2v) is 9.37. The third kappa shape index (κ3) is 4.04. The third-order valence-corrected chi connectivity index (χ3v) is 7.17. The molecule has 2 aromatic heterocycles. The van der Waals surface area contributed by atoms with E-state index in [4.69, 9.17) is 5.73 Å². The number of fused-ring (bicyclic) bond motifs is 1. The standard InChI is InChI=1S/C17H14N6O5S3/c18-17-20-9(5-29-17)12(22-28)14(25)21-15-8(2-1-7-4-19-6-30-7)13(16(26)27)23-10(24)3-11(23)31-15/h1-2,4-6,11,15,28H,3H2,(H2,18,20)(H,21,25)(H,26,27)/t11-,15?/m0/s1. The fourth-order valence-electron chi connectivity index (χ4n) is 3.04. The second kappa shape index (κ2) is 8.49. The first-order valence-electron chi connectivity index (χ1n) is 8.65. The fraction of sp³-hybridized carbons (Fsp3) is 0.176. The third-order valence-electron chi connectivity index (χ3n) is 4.42. The zero-order valence-corrected chi connectivity index (χ0v) is 17.9. The van der Waals surface area contributed by atoms with E-state index in [2.05, 4.69) is 20.4 Å². The number of thiazole rings is 2. The number of β-lactam (4-membered cyclic amide) rings is 1. The van der Waals surface area contributed by atoms with Crippen molar-refractivity contribution in [3.8, 4) is 0 Å². The summed E-state index contributed by atoms with van der Waals surface area (Å²) < 4.78 is 0. The number of carbonyl (C=O) groups is 3. The highest BCUT2D eigenvalue weighted by atomic mass is 32.2. The van der Waals surface area contributed by atoms with E-state index in [1.165, 1.54) is 39.5 Å². The first kappa shape index (κ1) is 21.0. The predicted molar refractivity (Wildman–Crippen MR) is 115 cm³/mol. The first-order valence-corrected chi connectivity index (χ1v) is 11.3. The smallest absolute Gasteiger partial charge is 0.353 e. The van der Waals surface area contributed by atoms with Gasteiger partial charge in [0.1, 0.15) is 16.8 Å². The fourth-order valence-corrected chi connectivity index (χ4v) is 5.51. The monoisotopic (exact) mass is 478 g/mol. The summed E-state index contributed by atoms with van der Waals surface area (Å²) in [6, 6.07) is 0. The van der Waals surface area contributed by atoms with Crippen LogP contribution in [0.4, 0.5) is 5.13 Å². The van der Waals surface area contributed by atoms with E-state index >= 15 is 0 Å². The molecule has 0 aliphatic carbocycles. The van der Waals surface area contributed by atoms with Crippen molar-refractivity contribution >= 4 is 69.1 Å². The molecule has 2 aliphatic rings. The van der Waals surface area contributed by atoms with Gasteiger partial charge in [-0.15, -0.1) is 34.4 Å². The molecular weight excluding hydrogens is 464 g/mol. The van der Waals surface area contributed by atoms with Crippen LogP contribution in [0.3, 0.4) is 0 Å². The van der Waals surface area contributed by atoms with Gasteiger partial charge in [-0.3, -0.25) is 19.5 Å². The number of carbonyl (C=O) groups excluding carboxylic acids is 2. The molecule has 0 aromatic carbocycles. The molecule has 11 nitrogen and oxygen atoms in total. The largest absolute Gasteiger partial charge is 0.477 e. The average molecular weight is 479 g/mol. The molecule has 4 rings (SSSR count). The Balaban J connectivity index is 1.69. The molecule has 14 heteroatoms. The Labute approximate surface area is 187 Å². The van der Waals surface area contributed by atoms with Gasteiger partial charge in [0, 0.05) is 22.0 Å². The summed E-state index contributed by atoms with van der Waals surface area (Å²) in [5.74, 6) is -2.36. The van der Waals surface area contributed by atoms with Gasteiger partial charge in [-0.2, -0.15) is 0 Å². The molecule has 0 bridgehead atoms. The van der Waals surface area contributed by atoms with Crippen LogP contribution in [0.1, 0.15) is 17.0 Å². The lowest BCUT2D eigenvalue weighted by molar-refractivity contribution is -0.146. The molecule has 0 saturated carbocycles. The number of anilines is 1. The summed E-state index contributed by atoms with van der Waals surface area (Å²) in [5.41, 5.74) is 6.96. The van der Waals surface area contributed by atoms with E-state index in [1.54, 1.807) is 17.8 Å². The van der Waals surface area contributed by atoms with Gasteiger partial charge in [-0.05, 0) is 6.08 Å². The van der Waals surface area contributed by atoms with Gasteiger partial charge in [0.05, 0.1) is 17.3 Å². The molecular formula is C17H14N6O5S3. The van der Waals surface area contributed by atoms with Crippen LogP contribution >= 0.6 is 34.4 Å². The lowest BCUT2D eigenvalue weighted by atomic mass is 10.1. The molecule has 2 aliphatic heterocycles. The lowest BCUT2D eigenvalue weighted by Gasteiger charge is -2.46. The Kier molecular flexibility index (Phi) is 5.75. The summed E-state index contributed by atoms with van der Waals surface area (Å²) >= 11 is 3.64. The second-order valence-electron chi connectivity index (χ2n) is 6.28. The number of hydrogen-bond donors (Lipinski definition) is 4. The maximum atomic E-state index is 12.8. The Morgan fingerprint density at radius 1 is 1.35 bits per heavy atom. The number of nitrogens with one attached hydrogen (secondary N) is 1. The molecule has 1 saturated heterocycles. The SMILES string of the molecule is Nc1nc(C(=NO)C(=O)NC2S[C@H]3CC(=O)N3C(C(=O)O)=C2C=Cc2cncs2)cs1. The minimum absolute atomic E-state index is 0.0907. The van der Waals surface area contributed by atoms with Crippen molar-refractivity contribution in [2.45, 2.75) is 17.2 Å². The zero-order valence-electron chi connectivity index (χ0n) is 15.5. The van der Waals surface area contributed by atoms with E-state index in [-0.39, 0.29) is 40.1 Å². The number of carboxylic acids is 1. The number of aliphatic carboxylic acids is 1. The van der Waals surface area contributed by atoms with Crippen molar-refractivity contribution < 1.29 is 24.7 Å². The summed E-state index contributed by atoms with van der Waals surface area (Å²) in [5, 5.41) is 25.2. The van der Waals surface area contributed by atoms with Gasteiger partial charge < -0.3 is 21.4 Å². The Morgan fingerprint density at radius 2 is 2.16 bits per heavy atom. The summed E-state index contributed by atoms with van der Waals surface area (Å²) in [6.45, 7) is 0. The van der Waals surface area contributed by atoms with Gasteiger partial charge in [-0.1, -0.05) is 11.2 Å². The van der Waals surface area contributed by atoms with E-state index in [0.29, 0.717) is 0 Å². The maximum Gasteiger partial charge on any atom is 0.353 e. The molecule has 4 heterocycles. The number of aromatic nitrogens is 2. The van der Waals surface area contributed by atoms with Crippen molar-refractivity contribution in [3.05, 3.63) is 45.0 Å². The molecule has 31 heavy (non-hydrogen) atoms. The molecule has 1 fully saturated rings. The van der Waals surface area contributed by atoms with Crippen molar-refractivity contribution in [3.63, 3.8) is 0 Å². The van der Waals surface area contributed by atoms with E-state index in [9.17, 15) is 24.7 Å². The van der Waals surface area contributed by atoms with Crippen LogP contribution in [0, 0.1) is 0 Å². The number of thioether (sulfide) groups is 1. The van der Waals surface area contributed by atoms with Crippen LogP contribution < -0.4 is 11.1 Å². The van der Waals surface area contributed by atoms with Crippen LogP contribution in [-0.2, 0) is 14.4 Å². The number of oxime groups is 1. The minimum Gasteiger partial charge on any atom is -0.477 e. The summed E-state index contributed by atoms with van der Waals surface area (Å²) in [7, 11) is 0. The molecule has 2 atom stereocenters. The Bertz CT molecular complexity index is 1140. The van der Waals surface area contributed by atoms with Crippen LogP contribution in [0.5, 0.6) is 0 Å². The average Bonchev–Trinajstić information content (AvgIpc) is 3.38. The van der Waals surface area contributed by atoms with Crippen molar-refractivity contribution in [1.29, 1.82) is 0 Å². The van der Waals surface area contributed by atoms with Gasteiger partial charge in [0.25, 0.3) is 5.91 Å². The number of carboxylic acid groups (broad SMARTS) is 1. The van der Waals surface area contributed by atoms with Crippen molar-refractivity contribution in [2.24, 2.45) is 5.16 Å². The summed E-state index contributed by atoms with van der Waals surface area (Å²) in [6.07, 6.45) is 4.95. The highest BCUT2D eigenvalue weighted by Crippen LogP contribution is 2.43. The molecule has 2 aromatic rings. The number of nitrogens with two attached hydrogens (primary N) is 1. The number of rotatable bonds is 6. The summed E-state index contributed by atoms with van der Waals surface area (Å²) in [4.78, 5) is 46.7. The highest BCUT2D eigenvalue weighted by molar-refractivity contribution is 8.00. The van der Waals surface area contributed by atoms with E-state index in [0.717, 1.165) is 16.2 Å². The van der Waals surface area contributed by atoms with Gasteiger partial charge in [0.2, 0.25) is 5.91 Å². The van der Waals surface area contributed by atoms with Crippen LogP contribution in [0.25, 0.3) is 6.08 Å². The maximum absolute atomic E-state index is 12.8. The Morgan fingerprint density at radius 3 is 2.74 bits per heavy atom. The van der Waals surface area contributed by atoms with Gasteiger partial charge in [-0.25, -0.2) is 9.78 Å². The van der Waals surface area contributed by atoms with Crippen LogP contribution in [0.15, 0.2) is 39.6 Å². The number of hydrogen-bond acceptors (Lipinski definition) is 11. The zero-order chi connectivity index (χ0) is 22.1. The number of nitrogens with zero attached hydrogens (tertiary/aromatic N) is 4. The van der Waals surface area contributed by atoms with Gasteiger partial charge >= 0.3 is 5.97 Å². The number of nitrogen functional groups attached to an aromatic ring is 1. The van der Waals surface area contributed by atoms with Crippen LogP contribution in [0.2, 0.25) is 0 Å². The molecule has 0 spiro atoms. The molecule has 160 valence electrons. The quantitative estimate of drug-likeness (QED) is 0.206. The predicted octanol–water partition coefficient (Wildman–Crippen LogP) is 1.16. The van der Waals surface area contributed by atoms with Gasteiger partial charge in [0.15, 0.2) is 10.8 Å². The van der Waals surface area contributed by atoms with E-state index < -0.39 is 22.6 Å². The molecule has 2 amide bonds. The Hall–Kier alpha value is -3.23. The van der Waals surface area contributed by atoms with Crippen molar-refractivity contribution in [2.75, 3.05) is 5.73 Å². The van der Waals surface area contributed by atoms with E-state index in [1.807, 2.05) is 0 Å². The topological polar surface area (TPSA) is 171 Å². The molecule has 0 radical (unpaired) electrons.